The van der Waals surface area contributed by atoms with Crippen molar-refractivity contribution in [3.63, 3.8) is 0 Å². The van der Waals surface area contributed by atoms with Crippen LogP contribution in [0.3, 0.4) is 0 Å². The minimum absolute atomic E-state index is 0.800. The van der Waals surface area contributed by atoms with Crippen LogP contribution in [-0.2, 0) is 0 Å². The molecule has 1 saturated heterocycles. The van der Waals surface area contributed by atoms with E-state index in [1.165, 1.54) is 64.3 Å². The van der Waals surface area contributed by atoms with Gasteiger partial charge in [0.15, 0.2) is 0 Å². The number of alkyl halides is 1. The molecular weight excluding hydrogens is 285 g/mol. The van der Waals surface area contributed by atoms with Crippen LogP contribution in [0.4, 0.5) is 4.39 Å². The quantitative estimate of drug-likeness (QED) is 0.615. The number of hydrogen-bond donors (Lipinski definition) is 0. The van der Waals surface area contributed by atoms with Gasteiger partial charge in [-0.3, -0.25) is 0 Å². The van der Waals surface area contributed by atoms with Crippen molar-refractivity contribution >= 4 is 0 Å². The Morgan fingerprint density at radius 3 is 2.17 bits per heavy atom. The molecule has 0 aromatic heterocycles. The molecule has 134 valence electrons. The minimum Gasteiger partial charge on any atom is -0.303 e. The fraction of sp³-hybridized carbons (Fsp3) is 1.00. The molecule has 3 rings (SSSR count). The van der Waals surface area contributed by atoms with E-state index in [1.54, 1.807) is 0 Å². The zero-order chi connectivity index (χ0) is 16.3. The van der Waals surface area contributed by atoms with Crippen LogP contribution in [0.1, 0.15) is 90.4 Å². The van der Waals surface area contributed by atoms with Crippen LogP contribution in [0, 0.1) is 17.8 Å². The van der Waals surface area contributed by atoms with E-state index in [-0.39, 0.29) is 0 Å². The molecular formula is C21H38FN. The molecule has 1 aliphatic heterocycles. The molecule has 0 aromatic carbocycles. The molecule has 1 nitrogen and oxygen atoms in total. The van der Waals surface area contributed by atoms with E-state index < -0.39 is 5.67 Å². The number of likely N-dealkylation sites (tertiary alicyclic amines) is 1. The summed E-state index contributed by atoms with van der Waals surface area (Å²) in [6, 6.07) is 0.800. The van der Waals surface area contributed by atoms with Gasteiger partial charge in [0.1, 0.15) is 5.67 Å². The van der Waals surface area contributed by atoms with Crippen LogP contribution in [-0.4, -0.2) is 30.2 Å². The van der Waals surface area contributed by atoms with E-state index in [0.717, 1.165) is 49.5 Å². The molecule has 2 aliphatic carbocycles. The molecule has 0 bridgehead atoms. The molecule has 2 saturated carbocycles. The number of rotatable bonds is 4. The standard InChI is InChI=1S/C21H38FN/c1-21(22)13-11-18(12-14-21)20(17-8-4-3-5-9-17)16-19-10-6-7-15-23(19)2/h17-20H,3-16H2,1-2H3. The third kappa shape index (κ3) is 4.71. The predicted molar refractivity (Wildman–Crippen MR) is 96.4 cm³/mol. The van der Waals surface area contributed by atoms with Crippen molar-refractivity contribution in [3.8, 4) is 0 Å². The average Bonchev–Trinajstić information content (AvgIpc) is 2.55. The topological polar surface area (TPSA) is 3.24 Å². The second-order valence-electron chi connectivity index (χ2n) is 9.18. The Kier molecular flexibility index (Phi) is 6.04. The molecule has 3 aliphatic rings. The first-order valence-corrected chi connectivity index (χ1v) is 10.4. The lowest BCUT2D eigenvalue weighted by Gasteiger charge is -2.44. The molecule has 0 amide bonds. The van der Waals surface area contributed by atoms with Gasteiger partial charge in [-0.2, -0.15) is 0 Å². The first kappa shape index (κ1) is 17.7. The highest BCUT2D eigenvalue weighted by molar-refractivity contribution is 4.90. The van der Waals surface area contributed by atoms with Gasteiger partial charge < -0.3 is 4.90 Å². The zero-order valence-electron chi connectivity index (χ0n) is 15.5. The van der Waals surface area contributed by atoms with Gasteiger partial charge in [-0.05, 0) is 83.2 Å². The summed E-state index contributed by atoms with van der Waals surface area (Å²) in [5, 5.41) is 0. The van der Waals surface area contributed by atoms with Crippen LogP contribution in [0.25, 0.3) is 0 Å². The van der Waals surface area contributed by atoms with Crippen LogP contribution in [0.15, 0.2) is 0 Å². The van der Waals surface area contributed by atoms with Gasteiger partial charge in [0.2, 0.25) is 0 Å². The Hall–Kier alpha value is -0.110. The maximum atomic E-state index is 14.3. The predicted octanol–water partition coefficient (Wildman–Crippen LogP) is 5.98. The third-order valence-corrected chi connectivity index (χ3v) is 7.40. The summed E-state index contributed by atoms with van der Waals surface area (Å²) in [5.41, 5.74) is -0.880. The monoisotopic (exact) mass is 323 g/mol. The van der Waals surface area contributed by atoms with E-state index in [9.17, 15) is 4.39 Å². The molecule has 0 aromatic rings. The molecule has 2 unspecified atom stereocenters. The average molecular weight is 324 g/mol. The van der Waals surface area contributed by atoms with Gasteiger partial charge >= 0.3 is 0 Å². The molecule has 3 fully saturated rings. The normalized spacial score (nSPS) is 39.3. The Balaban J connectivity index is 1.65. The van der Waals surface area contributed by atoms with Crippen molar-refractivity contribution in [2.45, 2.75) is 102 Å². The largest absolute Gasteiger partial charge is 0.303 e. The van der Waals surface area contributed by atoms with E-state index in [1.807, 2.05) is 6.92 Å². The minimum atomic E-state index is -0.880. The van der Waals surface area contributed by atoms with Crippen LogP contribution in [0.2, 0.25) is 0 Å². The highest BCUT2D eigenvalue weighted by Crippen LogP contribution is 2.45. The summed E-state index contributed by atoms with van der Waals surface area (Å²) in [7, 11) is 2.33. The molecule has 0 radical (unpaired) electrons. The van der Waals surface area contributed by atoms with E-state index in [0.29, 0.717) is 0 Å². The lowest BCUT2D eigenvalue weighted by atomic mass is 9.65. The lowest BCUT2D eigenvalue weighted by Crippen LogP contribution is -2.41. The van der Waals surface area contributed by atoms with Crippen molar-refractivity contribution in [1.82, 2.24) is 4.90 Å². The Labute approximate surface area is 143 Å². The first-order valence-electron chi connectivity index (χ1n) is 10.4. The Morgan fingerprint density at radius 1 is 0.913 bits per heavy atom. The molecule has 1 heterocycles. The summed E-state index contributed by atoms with van der Waals surface area (Å²) >= 11 is 0. The maximum absolute atomic E-state index is 14.3. The molecule has 0 N–H and O–H groups in total. The van der Waals surface area contributed by atoms with E-state index in [2.05, 4.69) is 11.9 Å². The second kappa shape index (κ2) is 7.85. The number of halogens is 1. The zero-order valence-corrected chi connectivity index (χ0v) is 15.5. The maximum Gasteiger partial charge on any atom is 0.108 e. The van der Waals surface area contributed by atoms with Gasteiger partial charge in [-0.25, -0.2) is 4.39 Å². The van der Waals surface area contributed by atoms with Crippen LogP contribution >= 0.6 is 0 Å². The van der Waals surface area contributed by atoms with Gasteiger partial charge in [0.25, 0.3) is 0 Å². The highest BCUT2D eigenvalue weighted by Gasteiger charge is 2.38. The third-order valence-electron chi connectivity index (χ3n) is 7.40. The molecule has 23 heavy (non-hydrogen) atoms. The summed E-state index contributed by atoms with van der Waals surface area (Å²) in [5.74, 6) is 2.61. The number of piperidine rings is 1. The summed E-state index contributed by atoms with van der Waals surface area (Å²) in [6.45, 7) is 3.11. The van der Waals surface area contributed by atoms with Crippen molar-refractivity contribution in [2.24, 2.45) is 17.8 Å². The Bertz CT molecular complexity index is 351. The van der Waals surface area contributed by atoms with Crippen molar-refractivity contribution < 1.29 is 4.39 Å². The van der Waals surface area contributed by atoms with Gasteiger partial charge in [-0.1, -0.05) is 38.5 Å². The number of hydrogen-bond acceptors (Lipinski definition) is 1. The van der Waals surface area contributed by atoms with Crippen molar-refractivity contribution in [1.29, 1.82) is 0 Å². The van der Waals surface area contributed by atoms with Crippen molar-refractivity contribution in [3.05, 3.63) is 0 Å². The fourth-order valence-electron chi connectivity index (χ4n) is 5.76. The fourth-order valence-corrected chi connectivity index (χ4v) is 5.76. The van der Waals surface area contributed by atoms with Gasteiger partial charge in [0, 0.05) is 6.04 Å². The summed E-state index contributed by atoms with van der Waals surface area (Å²) in [4.78, 5) is 2.63. The summed E-state index contributed by atoms with van der Waals surface area (Å²) in [6.07, 6.45) is 16.7. The highest BCUT2D eigenvalue weighted by atomic mass is 19.1. The lowest BCUT2D eigenvalue weighted by molar-refractivity contribution is 0.0395. The molecule has 0 spiro atoms. The smallest absolute Gasteiger partial charge is 0.108 e. The van der Waals surface area contributed by atoms with Crippen LogP contribution in [0.5, 0.6) is 0 Å². The first-order chi connectivity index (χ1) is 11.1. The Morgan fingerprint density at radius 2 is 1.52 bits per heavy atom. The van der Waals surface area contributed by atoms with E-state index >= 15 is 0 Å². The van der Waals surface area contributed by atoms with Gasteiger partial charge in [0.05, 0.1) is 0 Å². The second-order valence-corrected chi connectivity index (χ2v) is 9.18. The van der Waals surface area contributed by atoms with Crippen molar-refractivity contribution in [2.75, 3.05) is 13.6 Å². The SMILES string of the molecule is CN1CCCCC1CC(C1CCCCC1)C1CCC(C)(F)CC1. The summed E-state index contributed by atoms with van der Waals surface area (Å²) < 4.78 is 14.3. The van der Waals surface area contributed by atoms with Crippen LogP contribution < -0.4 is 0 Å². The molecule has 2 heteroatoms. The number of nitrogens with zero attached hydrogens (tertiary/aromatic N) is 1. The molecule has 2 atom stereocenters. The van der Waals surface area contributed by atoms with Gasteiger partial charge in [-0.15, -0.1) is 0 Å². The van der Waals surface area contributed by atoms with E-state index in [4.69, 9.17) is 0 Å².